The Bertz CT molecular complexity index is 1180. The highest BCUT2D eigenvalue weighted by molar-refractivity contribution is 6.12. The molecule has 0 saturated carbocycles. The van der Waals surface area contributed by atoms with Gasteiger partial charge in [0.15, 0.2) is 0 Å². The summed E-state index contributed by atoms with van der Waals surface area (Å²) in [6.07, 6.45) is 1.40. The predicted octanol–water partition coefficient (Wildman–Crippen LogP) is 0.919. The average molecular weight is 412 g/mol. The number of nitrogens with zero attached hydrogens (tertiary/aromatic N) is 2. The van der Waals surface area contributed by atoms with Crippen LogP contribution in [0.25, 0.3) is 11.1 Å². The number of methoxy groups -OCH3 is 1. The number of ether oxygens (including phenoxy) is 1. The average Bonchev–Trinajstić information content (AvgIpc) is 3.07. The first-order chi connectivity index (χ1) is 14.3. The van der Waals surface area contributed by atoms with Gasteiger partial charge < -0.3 is 24.4 Å². The van der Waals surface area contributed by atoms with E-state index in [1.54, 1.807) is 38.2 Å². The van der Waals surface area contributed by atoms with Gasteiger partial charge in [0.1, 0.15) is 24.0 Å². The number of amides is 2. The third-order valence-corrected chi connectivity index (χ3v) is 4.41. The molecule has 3 rings (SSSR count). The van der Waals surface area contributed by atoms with Crippen LogP contribution < -0.4 is 16.2 Å². The van der Waals surface area contributed by atoms with Crippen LogP contribution in [0.15, 0.2) is 39.8 Å². The van der Waals surface area contributed by atoms with Crippen molar-refractivity contribution in [2.75, 3.05) is 19.0 Å². The summed E-state index contributed by atoms with van der Waals surface area (Å²) in [4.78, 5) is 52.1. The van der Waals surface area contributed by atoms with E-state index in [9.17, 15) is 19.2 Å². The van der Waals surface area contributed by atoms with Crippen LogP contribution in [-0.2, 0) is 27.8 Å². The van der Waals surface area contributed by atoms with Gasteiger partial charge in [-0.1, -0.05) is 12.1 Å². The highest BCUT2D eigenvalue weighted by atomic mass is 16.5. The number of esters is 1. The minimum absolute atomic E-state index is 0.0679. The summed E-state index contributed by atoms with van der Waals surface area (Å²) < 4.78 is 11.2. The van der Waals surface area contributed by atoms with Crippen LogP contribution in [-0.4, -0.2) is 41.0 Å². The fourth-order valence-electron chi connectivity index (χ4n) is 2.85. The van der Waals surface area contributed by atoms with Crippen LogP contribution >= 0.6 is 0 Å². The van der Waals surface area contributed by atoms with Crippen molar-refractivity contribution < 1.29 is 23.5 Å². The summed E-state index contributed by atoms with van der Waals surface area (Å²) in [5.41, 5.74) is 1.03. The number of aromatic nitrogens is 2. The number of anilines is 1. The van der Waals surface area contributed by atoms with Gasteiger partial charge in [-0.15, -0.1) is 0 Å². The molecule has 0 saturated heterocycles. The van der Waals surface area contributed by atoms with E-state index in [4.69, 9.17) is 4.42 Å². The third-order valence-electron chi connectivity index (χ3n) is 4.41. The number of benzene rings is 1. The number of rotatable bonds is 6. The highest BCUT2D eigenvalue weighted by Gasteiger charge is 2.22. The summed E-state index contributed by atoms with van der Waals surface area (Å²) in [5, 5.41) is 5.28. The molecule has 0 atom stereocenters. The van der Waals surface area contributed by atoms with Gasteiger partial charge in [0.05, 0.1) is 19.1 Å². The van der Waals surface area contributed by atoms with Gasteiger partial charge in [-0.3, -0.25) is 19.2 Å². The van der Waals surface area contributed by atoms with E-state index >= 15 is 0 Å². The topological polar surface area (TPSA) is 133 Å². The van der Waals surface area contributed by atoms with E-state index < -0.39 is 11.9 Å². The van der Waals surface area contributed by atoms with Crippen molar-refractivity contribution in [3.8, 4) is 0 Å². The van der Waals surface area contributed by atoms with E-state index in [1.165, 1.54) is 18.0 Å². The summed E-state index contributed by atoms with van der Waals surface area (Å²) in [5.74, 6) is -1.08. The van der Waals surface area contributed by atoms with Crippen molar-refractivity contribution >= 4 is 34.6 Å². The van der Waals surface area contributed by atoms with Gasteiger partial charge in [-0.25, -0.2) is 4.98 Å². The van der Waals surface area contributed by atoms with Crippen LogP contribution in [0.3, 0.4) is 0 Å². The van der Waals surface area contributed by atoms with Gasteiger partial charge in [-0.05, 0) is 24.6 Å². The lowest BCUT2D eigenvalue weighted by atomic mass is 10.1. The summed E-state index contributed by atoms with van der Waals surface area (Å²) >= 11 is 0. The van der Waals surface area contributed by atoms with E-state index in [0.717, 1.165) is 0 Å². The Kier molecular flexibility index (Phi) is 5.95. The number of furan rings is 1. The van der Waals surface area contributed by atoms with Gasteiger partial charge in [0.2, 0.25) is 11.6 Å². The van der Waals surface area contributed by atoms with Crippen molar-refractivity contribution in [1.29, 1.82) is 0 Å². The molecular formula is C20H20N4O6. The molecule has 10 nitrogen and oxygen atoms in total. The van der Waals surface area contributed by atoms with Crippen LogP contribution in [0.1, 0.15) is 21.7 Å². The first-order valence-electron chi connectivity index (χ1n) is 8.98. The first-order valence-corrected chi connectivity index (χ1v) is 8.98. The molecule has 30 heavy (non-hydrogen) atoms. The van der Waals surface area contributed by atoms with E-state index in [1.807, 2.05) is 0 Å². The van der Waals surface area contributed by atoms with Gasteiger partial charge >= 0.3 is 5.97 Å². The van der Waals surface area contributed by atoms with Gasteiger partial charge in [0.25, 0.3) is 11.5 Å². The predicted molar refractivity (Wildman–Crippen MR) is 107 cm³/mol. The molecule has 0 bridgehead atoms. The Balaban J connectivity index is 1.71. The number of nitrogens with one attached hydrogen (secondary N) is 2. The highest BCUT2D eigenvalue weighted by Crippen LogP contribution is 2.22. The largest absolute Gasteiger partial charge is 0.468 e. The molecule has 2 amide bonds. The molecule has 0 fully saturated rings. The van der Waals surface area contributed by atoms with Crippen molar-refractivity contribution in [2.24, 2.45) is 7.05 Å². The van der Waals surface area contributed by atoms with E-state index in [2.05, 4.69) is 20.4 Å². The quantitative estimate of drug-likeness (QED) is 0.575. The number of hydrogen-bond acceptors (Lipinski definition) is 7. The minimum atomic E-state index is -0.534. The smallest absolute Gasteiger partial charge is 0.325 e. The monoisotopic (exact) mass is 412 g/mol. The zero-order chi connectivity index (χ0) is 21.8. The number of carbonyl (C=O) groups excluding carboxylic acids is 3. The number of hydrogen-bond donors (Lipinski definition) is 2. The maximum atomic E-state index is 12.8. The van der Waals surface area contributed by atoms with Crippen molar-refractivity contribution in [3.05, 3.63) is 57.8 Å². The van der Waals surface area contributed by atoms with Crippen molar-refractivity contribution in [3.63, 3.8) is 0 Å². The molecule has 0 aliphatic rings. The Morgan fingerprint density at radius 1 is 1.20 bits per heavy atom. The van der Waals surface area contributed by atoms with Crippen molar-refractivity contribution in [1.82, 2.24) is 14.9 Å². The molecule has 2 heterocycles. The van der Waals surface area contributed by atoms with Crippen LogP contribution in [0.5, 0.6) is 0 Å². The first kappa shape index (κ1) is 20.8. The van der Waals surface area contributed by atoms with E-state index in [-0.39, 0.29) is 46.9 Å². The van der Waals surface area contributed by atoms with Gasteiger partial charge in [-0.2, -0.15) is 0 Å². The molecule has 2 aromatic heterocycles. The summed E-state index contributed by atoms with van der Waals surface area (Å²) in [7, 11) is 2.78. The SMILES string of the molecule is COC(=O)CNC(=O)Cc1ccc(NC(=O)c2c(C)oc3ncn(C)c(=O)c23)cc1. The Morgan fingerprint density at radius 2 is 1.90 bits per heavy atom. The third kappa shape index (κ3) is 4.37. The molecule has 2 N–H and O–H groups in total. The lowest BCUT2D eigenvalue weighted by Crippen LogP contribution is -2.31. The summed E-state index contributed by atoms with van der Waals surface area (Å²) in [6, 6.07) is 6.62. The Labute approximate surface area is 170 Å². The molecule has 0 aliphatic carbocycles. The van der Waals surface area contributed by atoms with Crippen LogP contribution in [0, 0.1) is 6.92 Å². The second-order valence-electron chi connectivity index (χ2n) is 6.55. The molecule has 0 radical (unpaired) electrons. The van der Waals surface area contributed by atoms with E-state index in [0.29, 0.717) is 11.3 Å². The fraction of sp³-hybridized carbons (Fsp3) is 0.250. The molecule has 3 aromatic rings. The normalized spacial score (nSPS) is 10.6. The molecule has 1 aromatic carbocycles. The molecule has 10 heteroatoms. The zero-order valence-electron chi connectivity index (χ0n) is 16.6. The Morgan fingerprint density at radius 3 is 2.57 bits per heavy atom. The second-order valence-corrected chi connectivity index (χ2v) is 6.55. The summed E-state index contributed by atoms with van der Waals surface area (Å²) in [6.45, 7) is 1.39. The molecule has 0 unspecified atom stereocenters. The maximum Gasteiger partial charge on any atom is 0.325 e. The Hall–Kier alpha value is -3.95. The lowest BCUT2D eigenvalue weighted by molar-refractivity contribution is -0.141. The standard InChI is InChI=1S/C20H20N4O6/c1-11-16(17-19(30-11)22-10-24(2)20(17)28)18(27)23-13-6-4-12(5-7-13)8-14(25)21-9-15(26)29-3/h4-7,10H,8-9H2,1-3H3,(H,21,25)(H,23,27). The number of aryl methyl sites for hydroxylation is 2. The molecule has 0 aliphatic heterocycles. The zero-order valence-corrected chi connectivity index (χ0v) is 16.6. The minimum Gasteiger partial charge on any atom is -0.468 e. The maximum absolute atomic E-state index is 12.8. The van der Waals surface area contributed by atoms with Crippen molar-refractivity contribution in [2.45, 2.75) is 13.3 Å². The molecular weight excluding hydrogens is 392 g/mol. The number of fused-ring (bicyclic) bond motifs is 1. The van der Waals surface area contributed by atoms with Crippen LogP contribution in [0.2, 0.25) is 0 Å². The number of carbonyl (C=O) groups is 3. The fourth-order valence-corrected chi connectivity index (χ4v) is 2.85. The van der Waals surface area contributed by atoms with Crippen LogP contribution in [0.4, 0.5) is 5.69 Å². The second kappa shape index (κ2) is 8.60. The van der Waals surface area contributed by atoms with Gasteiger partial charge in [0, 0.05) is 12.7 Å². The molecule has 0 spiro atoms. The molecule has 156 valence electrons. The lowest BCUT2D eigenvalue weighted by Gasteiger charge is -2.07.